The first-order valence-electron chi connectivity index (χ1n) is 6.29. The number of hydrogen-bond donors (Lipinski definition) is 2. The fourth-order valence-corrected chi connectivity index (χ4v) is 2.26. The maximum absolute atomic E-state index is 11.2. The molecule has 0 radical (unpaired) electrons. The van der Waals surface area contributed by atoms with Crippen LogP contribution in [-0.4, -0.2) is 24.2 Å². The predicted octanol–water partition coefficient (Wildman–Crippen LogP) is 2.99. The van der Waals surface area contributed by atoms with E-state index in [1.807, 2.05) is 0 Å². The van der Waals surface area contributed by atoms with Crippen LogP contribution in [-0.2, 0) is 0 Å². The predicted molar refractivity (Wildman–Crippen MR) is 70.4 cm³/mol. The van der Waals surface area contributed by atoms with Crippen molar-refractivity contribution in [3.05, 3.63) is 23.8 Å². The summed E-state index contributed by atoms with van der Waals surface area (Å²) in [6.45, 7) is 2.11. The van der Waals surface area contributed by atoms with Gasteiger partial charge in [0, 0.05) is 12.1 Å². The summed E-state index contributed by atoms with van der Waals surface area (Å²) in [5.41, 5.74) is 0.934. The van der Waals surface area contributed by atoms with Gasteiger partial charge in [0.1, 0.15) is 5.75 Å². The number of nitrogens with one attached hydrogen (secondary N) is 1. The summed E-state index contributed by atoms with van der Waals surface area (Å²) in [6.07, 6.45) is 3.72. The Labute approximate surface area is 107 Å². The zero-order chi connectivity index (χ0) is 13.1. The molecular weight excluding hydrogens is 230 g/mol. The maximum atomic E-state index is 11.2. The van der Waals surface area contributed by atoms with Gasteiger partial charge < -0.3 is 15.2 Å². The van der Waals surface area contributed by atoms with Gasteiger partial charge >= 0.3 is 5.97 Å². The van der Waals surface area contributed by atoms with Crippen LogP contribution in [0.3, 0.4) is 0 Å². The van der Waals surface area contributed by atoms with E-state index in [0.717, 1.165) is 0 Å². The minimum atomic E-state index is -0.916. The lowest BCUT2D eigenvalue weighted by Gasteiger charge is -2.32. The number of ether oxygens (including phenoxy) is 1. The number of carboxylic acids is 1. The summed E-state index contributed by atoms with van der Waals surface area (Å²) in [5, 5.41) is 12.5. The van der Waals surface area contributed by atoms with E-state index in [1.54, 1.807) is 25.3 Å². The lowest BCUT2D eigenvalue weighted by atomic mass is 9.80. The number of carbonyl (C=O) groups is 1. The molecule has 0 amide bonds. The third kappa shape index (κ3) is 2.58. The van der Waals surface area contributed by atoms with Gasteiger partial charge in [-0.1, -0.05) is 6.42 Å². The summed E-state index contributed by atoms with van der Waals surface area (Å²) in [5.74, 6) is 0.405. The Morgan fingerprint density at radius 2 is 2.22 bits per heavy atom. The number of methoxy groups -OCH3 is 1. The van der Waals surface area contributed by atoms with Crippen molar-refractivity contribution in [3.63, 3.8) is 0 Å². The van der Waals surface area contributed by atoms with Crippen LogP contribution in [0.4, 0.5) is 5.69 Å². The summed E-state index contributed by atoms with van der Waals surface area (Å²) >= 11 is 0. The van der Waals surface area contributed by atoms with Crippen LogP contribution < -0.4 is 10.1 Å². The number of benzene rings is 1. The number of aromatic carboxylic acids is 1. The Hall–Kier alpha value is -1.71. The molecule has 2 N–H and O–H groups in total. The van der Waals surface area contributed by atoms with Crippen LogP contribution in [0.1, 0.15) is 36.5 Å². The van der Waals surface area contributed by atoms with Crippen LogP contribution >= 0.6 is 0 Å². The smallest absolute Gasteiger partial charge is 0.337 e. The molecule has 0 bridgehead atoms. The standard InChI is InChI=1S/C14H19NO3/c1-9(10-4-3-5-10)15-13-8-11(18-2)6-7-12(13)14(16)17/h6-10,15H,3-5H2,1-2H3,(H,16,17). The number of anilines is 1. The van der Waals surface area contributed by atoms with E-state index in [-0.39, 0.29) is 0 Å². The van der Waals surface area contributed by atoms with Crippen LogP contribution in [0.5, 0.6) is 5.75 Å². The van der Waals surface area contributed by atoms with Crippen LogP contribution in [0.25, 0.3) is 0 Å². The number of carboxylic acid groups (broad SMARTS) is 1. The van der Waals surface area contributed by atoms with Crippen LogP contribution in [0.2, 0.25) is 0 Å². The van der Waals surface area contributed by atoms with E-state index < -0.39 is 5.97 Å². The third-order valence-corrected chi connectivity index (χ3v) is 3.70. The topological polar surface area (TPSA) is 58.6 Å². The van der Waals surface area contributed by atoms with Crippen molar-refractivity contribution in [1.29, 1.82) is 0 Å². The van der Waals surface area contributed by atoms with Gasteiger partial charge in [0.25, 0.3) is 0 Å². The third-order valence-electron chi connectivity index (χ3n) is 3.70. The molecule has 1 saturated carbocycles. The highest BCUT2D eigenvalue weighted by atomic mass is 16.5. The molecule has 0 spiro atoms. The van der Waals surface area contributed by atoms with E-state index in [4.69, 9.17) is 4.74 Å². The van der Waals surface area contributed by atoms with Crippen molar-refractivity contribution in [2.45, 2.75) is 32.2 Å². The Morgan fingerprint density at radius 1 is 1.50 bits per heavy atom. The van der Waals surface area contributed by atoms with Gasteiger partial charge in [-0.2, -0.15) is 0 Å². The van der Waals surface area contributed by atoms with Gasteiger partial charge in [0.2, 0.25) is 0 Å². The van der Waals surface area contributed by atoms with E-state index in [1.165, 1.54) is 19.3 Å². The van der Waals surface area contributed by atoms with E-state index >= 15 is 0 Å². The van der Waals surface area contributed by atoms with Gasteiger partial charge in [-0.05, 0) is 37.8 Å². The average Bonchev–Trinajstić information content (AvgIpc) is 2.25. The van der Waals surface area contributed by atoms with E-state index in [9.17, 15) is 9.90 Å². The summed E-state index contributed by atoms with van der Waals surface area (Å²) in [4.78, 5) is 11.2. The fourth-order valence-electron chi connectivity index (χ4n) is 2.26. The molecule has 98 valence electrons. The lowest BCUT2D eigenvalue weighted by molar-refractivity contribution is 0.0698. The monoisotopic (exact) mass is 249 g/mol. The average molecular weight is 249 g/mol. The molecule has 1 aliphatic carbocycles. The van der Waals surface area contributed by atoms with Gasteiger partial charge in [0.05, 0.1) is 18.4 Å². The largest absolute Gasteiger partial charge is 0.497 e. The number of rotatable bonds is 5. The molecular formula is C14H19NO3. The van der Waals surface area contributed by atoms with E-state index in [0.29, 0.717) is 29.0 Å². The Morgan fingerprint density at radius 3 is 2.72 bits per heavy atom. The Bertz CT molecular complexity index is 441. The highest BCUT2D eigenvalue weighted by Crippen LogP contribution is 2.32. The first kappa shape index (κ1) is 12.7. The molecule has 1 fully saturated rings. The molecule has 0 aliphatic heterocycles. The minimum absolute atomic E-state index is 0.293. The highest BCUT2D eigenvalue weighted by molar-refractivity contribution is 5.94. The van der Waals surface area contributed by atoms with E-state index in [2.05, 4.69) is 12.2 Å². The molecule has 2 rings (SSSR count). The second-order valence-electron chi connectivity index (χ2n) is 4.84. The zero-order valence-electron chi connectivity index (χ0n) is 10.8. The molecule has 0 heterocycles. The highest BCUT2D eigenvalue weighted by Gasteiger charge is 2.24. The second kappa shape index (κ2) is 5.29. The maximum Gasteiger partial charge on any atom is 0.337 e. The molecule has 0 saturated heterocycles. The molecule has 18 heavy (non-hydrogen) atoms. The first-order chi connectivity index (χ1) is 8.61. The summed E-state index contributed by atoms with van der Waals surface area (Å²) < 4.78 is 5.14. The molecule has 1 aromatic carbocycles. The molecule has 1 unspecified atom stereocenters. The number of hydrogen-bond acceptors (Lipinski definition) is 3. The van der Waals surface area contributed by atoms with Gasteiger partial charge in [0.15, 0.2) is 0 Å². The summed E-state index contributed by atoms with van der Waals surface area (Å²) in [7, 11) is 1.58. The molecule has 0 aromatic heterocycles. The lowest BCUT2D eigenvalue weighted by Crippen LogP contribution is -2.31. The first-order valence-corrected chi connectivity index (χ1v) is 6.29. The van der Waals surface area contributed by atoms with Gasteiger partial charge in [-0.15, -0.1) is 0 Å². The summed E-state index contributed by atoms with van der Waals surface area (Å²) in [6, 6.07) is 5.29. The van der Waals surface area contributed by atoms with Crippen molar-refractivity contribution in [3.8, 4) is 5.75 Å². The molecule has 4 heteroatoms. The molecule has 4 nitrogen and oxygen atoms in total. The van der Waals surface area contributed by atoms with Crippen molar-refractivity contribution < 1.29 is 14.6 Å². The molecule has 1 atom stereocenters. The van der Waals surface area contributed by atoms with Crippen molar-refractivity contribution >= 4 is 11.7 Å². The second-order valence-corrected chi connectivity index (χ2v) is 4.84. The molecule has 1 aromatic rings. The SMILES string of the molecule is COc1ccc(C(=O)O)c(NC(C)C2CCC2)c1. The molecule has 1 aliphatic rings. The van der Waals surface area contributed by atoms with Gasteiger partial charge in [-0.25, -0.2) is 4.79 Å². The van der Waals surface area contributed by atoms with Crippen molar-refractivity contribution in [2.75, 3.05) is 12.4 Å². The van der Waals surface area contributed by atoms with Crippen molar-refractivity contribution in [2.24, 2.45) is 5.92 Å². The Balaban J connectivity index is 2.19. The quantitative estimate of drug-likeness (QED) is 0.842. The normalized spacial score (nSPS) is 16.8. The minimum Gasteiger partial charge on any atom is -0.497 e. The Kier molecular flexibility index (Phi) is 3.75. The zero-order valence-corrected chi connectivity index (χ0v) is 10.8. The van der Waals surface area contributed by atoms with Crippen LogP contribution in [0.15, 0.2) is 18.2 Å². The fraction of sp³-hybridized carbons (Fsp3) is 0.500. The van der Waals surface area contributed by atoms with Crippen LogP contribution in [0, 0.1) is 5.92 Å². The van der Waals surface area contributed by atoms with Crippen molar-refractivity contribution in [1.82, 2.24) is 0 Å². The van der Waals surface area contributed by atoms with Gasteiger partial charge in [-0.3, -0.25) is 0 Å².